The molecule has 0 amide bonds. The molecule has 62 heavy (non-hydrogen) atoms. The maximum absolute atomic E-state index is 12.7. The second kappa shape index (κ2) is 48.4. The average molecular weight is 893 g/mol. The van der Waals surface area contributed by atoms with E-state index in [2.05, 4.69) is 86.8 Å². The van der Waals surface area contributed by atoms with Crippen molar-refractivity contribution in [2.24, 2.45) is 0 Å². The second-order valence-electron chi connectivity index (χ2n) is 16.4. The molecule has 0 saturated carbocycles. The molecule has 0 radical (unpaired) electrons. The molecule has 0 rings (SSSR count). The summed E-state index contributed by atoms with van der Waals surface area (Å²) in [6, 6.07) is 0. The predicted octanol–water partition coefficient (Wildman–Crippen LogP) is 14.5. The zero-order valence-corrected chi connectivity index (χ0v) is 40.5. The summed E-state index contributed by atoms with van der Waals surface area (Å²) in [5, 5.41) is 18.4. The molecule has 3 atom stereocenters. The minimum absolute atomic E-state index is 0.0369. The van der Waals surface area contributed by atoms with Crippen molar-refractivity contribution in [1.82, 2.24) is 0 Å². The Balaban J connectivity index is 4.14. The lowest BCUT2D eigenvalue weighted by atomic mass is 10.1. The number of esters is 1. The highest BCUT2D eigenvalue weighted by Gasteiger charge is 2.26. The molecule has 0 aromatic heterocycles. The van der Waals surface area contributed by atoms with Gasteiger partial charge in [-0.1, -0.05) is 189 Å². The van der Waals surface area contributed by atoms with Gasteiger partial charge < -0.3 is 24.6 Å². The molecule has 0 aliphatic carbocycles. The second-order valence-corrected chi connectivity index (χ2v) is 17.9. The van der Waals surface area contributed by atoms with Crippen LogP contribution in [0.5, 0.6) is 0 Å². The van der Waals surface area contributed by atoms with Crippen molar-refractivity contribution in [3.05, 3.63) is 72.9 Å². The Hall–Kier alpha value is -2.10. The van der Waals surface area contributed by atoms with Gasteiger partial charge >= 0.3 is 13.8 Å². The summed E-state index contributed by atoms with van der Waals surface area (Å²) >= 11 is 0. The lowest BCUT2D eigenvalue weighted by molar-refractivity contribution is -0.154. The van der Waals surface area contributed by atoms with Crippen LogP contribution >= 0.6 is 7.82 Å². The van der Waals surface area contributed by atoms with Crippen molar-refractivity contribution in [3.63, 3.8) is 0 Å². The number of aliphatic hydroxyl groups is 2. The van der Waals surface area contributed by atoms with Gasteiger partial charge in [0.15, 0.2) is 0 Å². The number of unbranched alkanes of at least 4 members (excludes halogenated alkanes) is 21. The van der Waals surface area contributed by atoms with E-state index >= 15 is 0 Å². The Bertz CT molecular complexity index is 1190. The Kier molecular flexibility index (Phi) is 46.7. The SMILES string of the molecule is CC/C=C\C/C=C\C/C=C\C/C=C\CCCCCCCCCOCC(COP(=O)(O)OCC(O)CO)OC(=O)CCCCCCCCCCC/C=C\C/C=C\CCCCCCC. The Morgan fingerprint density at radius 1 is 0.516 bits per heavy atom. The first-order valence-corrected chi connectivity index (χ1v) is 26.4. The smallest absolute Gasteiger partial charge is 0.457 e. The van der Waals surface area contributed by atoms with Crippen molar-refractivity contribution >= 4 is 13.8 Å². The van der Waals surface area contributed by atoms with Gasteiger partial charge in [-0.15, -0.1) is 0 Å². The largest absolute Gasteiger partial charge is 0.472 e. The number of carbonyl (C=O) groups is 1. The summed E-state index contributed by atoms with van der Waals surface area (Å²) < 4.78 is 33.5. The molecule has 360 valence electrons. The third-order valence-electron chi connectivity index (χ3n) is 10.4. The Morgan fingerprint density at radius 3 is 1.39 bits per heavy atom. The summed E-state index contributed by atoms with van der Waals surface area (Å²) in [5.74, 6) is -0.392. The number of phosphoric acid groups is 1. The number of ether oxygens (including phenoxy) is 2. The van der Waals surface area contributed by atoms with Crippen LogP contribution < -0.4 is 0 Å². The number of allylic oxidation sites excluding steroid dienone is 12. The van der Waals surface area contributed by atoms with E-state index in [1.807, 2.05) is 0 Å². The highest BCUT2D eigenvalue weighted by atomic mass is 31.2. The van der Waals surface area contributed by atoms with E-state index in [1.165, 1.54) is 96.3 Å². The van der Waals surface area contributed by atoms with Gasteiger partial charge in [-0.25, -0.2) is 4.57 Å². The van der Waals surface area contributed by atoms with E-state index in [9.17, 15) is 19.4 Å². The third kappa shape index (κ3) is 47.4. The van der Waals surface area contributed by atoms with Gasteiger partial charge in [-0.3, -0.25) is 13.8 Å². The average Bonchev–Trinajstić information content (AvgIpc) is 3.26. The highest BCUT2D eigenvalue weighted by Crippen LogP contribution is 2.43. The van der Waals surface area contributed by atoms with E-state index in [-0.39, 0.29) is 19.6 Å². The number of hydrogen-bond acceptors (Lipinski definition) is 8. The van der Waals surface area contributed by atoms with Crippen LogP contribution in [0.4, 0.5) is 0 Å². The zero-order chi connectivity index (χ0) is 45.3. The monoisotopic (exact) mass is 893 g/mol. The van der Waals surface area contributed by atoms with Gasteiger partial charge in [0, 0.05) is 13.0 Å². The molecule has 0 aliphatic heterocycles. The van der Waals surface area contributed by atoms with Crippen LogP contribution in [0.25, 0.3) is 0 Å². The molecule has 0 aliphatic rings. The first kappa shape index (κ1) is 59.9. The molecule has 0 bridgehead atoms. The molecular weight excluding hydrogens is 800 g/mol. The summed E-state index contributed by atoms with van der Waals surface area (Å²) in [7, 11) is -4.53. The minimum Gasteiger partial charge on any atom is -0.457 e. The normalized spacial score (nSPS) is 14.5. The number of phosphoric ester groups is 1. The van der Waals surface area contributed by atoms with Crippen LogP contribution in [0.1, 0.15) is 206 Å². The molecule has 0 fully saturated rings. The number of carbonyl (C=O) groups excluding carboxylic acids is 1. The molecule has 0 spiro atoms. The van der Waals surface area contributed by atoms with Crippen molar-refractivity contribution in [3.8, 4) is 0 Å². The van der Waals surface area contributed by atoms with Gasteiger partial charge in [-0.05, 0) is 83.5 Å². The molecule has 3 unspecified atom stereocenters. The maximum Gasteiger partial charge on any atom is 0.472 e. The molecular formula is C52H93O9P. The fourth-order valence-electron chi connectivity index (χ4n) is 6.61. The van der Waals surface area contributed by atoms with E-state index in [0.29, 0.717) is 6.61 Å². The van der Waals surface area contributed by atoms with Crippen molar-refractivity contribution in [1.29, 1.82) is 0 Å². The lowest BCUT2D eigenvalue weighted by Gasteiger charge is -2.20. The molecule has 0 aromatic carbocycles. The fraction of sp³-hybridized carbons (Fsp3) is 0.750. The zero-order valence-electron chi connectivity index (χ0n) is 39.6. The van der Waals surface area contributed by atoms with Crippen molar-refractivity contribution in [2.75, 3.05) is 33.0 Å². The van der Waals surface area contributed by atoms with Crippen LogP contribution in [0, 0.1) is 0 Å². The summed E-state index contributed by atoms with van der Waals surface area (Å²) in [4.78, 5) is 22.7. The van der Waals surface area contributed by atoms with Gasteiger partial charge in [0.1, 0.15) is 12.2 Å². The predicted molar refractivity (Wildman–Crippen MR) is 260 cm³/mol. The van der Waals surface area contributed by atoms with E-state index < -0.39 is 39.2 Å². The molecule has 10 heteroatoms. The highest BCUT2D eigenvalue weighted by molar-refractivity contribution is 7.47. The Morgan fingerprint density at radius 2 is 0.919 bits per heavy atom. The lowest BCUT2D eigenvalue weighted by Crippen LogP contribution is -2.29. The number of aliphatic hydroxyl groups excluding tert-OH is 2. The van der Waals surface area contributed by atoms with E-state index in [0.717, 1.165) is 89.9 Å². The molecule has 0 saturated heterocycles. The number of rotatable bonds is 47. The maximum atomic E-state index is 12.7. The van der Waals surface area contributed by atoms with E-state index in [1.54, 1.807) is 0 Å². The van der Waals surface area contributed by atoms with Gasteiger partial charge in [0.2, 0.25) is 0 Å². The van der Waals surface area contributed by atoms with Crippen LogP contribution in [0.15, 0.2) is 72.9 Å². The summed E-state index contributed by atoms with van der Waals surface area (Å²) in [6.07, 6.45) is 58.6. The van der Waals surface area contributed by atoms with Gasteiger partial charge in [0.05, 0.1) is 26.4 Å². The molecule has 3 N–H and O–H groups in total. The van der Waals surface area contributed by atoms with Crippen LogP contribution in [0.3, 0.4) is 0 Å². The molecule has 0 aromatic rings. The fourth-order valence-corrected chi connectivity index (χ4v) is 7.40. The third-order valence-corrected chi connectivity index (χ3v) is 11.3. The summed E-state index contributed by atoms with van der Waals surface area (Å²) in [5.41, 5.74) is 0. The van der Waals surface area contributed by atoms with Crippen LogP contribution in [-0.4, -0.2) is 66.3 Å². The van der Waals surface area contributed by atoms with Crippen LogP contribution in [-0.2, 0) is 27.9 Å². The minimum atomic E-state index is -4.53. The molecule has 9 nitrogen and oxygen atoms in total. The van der Waals surface area contributed by atoms with Crippen molar-refractivity contribution in [2.45, 2.75) is 219 Å². The quantitative estimate of drug-likeness (QED) is 0.0236. The standard InChI is InChI=1S/C52H93O9P/c1-3-5-7-9-11-13-15-17-19-21-23-25-26-28-30-32-34-36-38-40-42-44-52(55)61-51(49-60-62(56,57)59-47-50(54)46-53)48-58-45-43-41-39-37-35-33-31-29-27-24-22-20-18-16-14-12-10-8-6-4-2/h6,8,12,14-15,17-18,20-21,23-24,27,50-51,53-54H,3-5,7,9-11,13,16,19,22,25-26,28-49H2,1-2H3,(H,56,57)/b8-6-,14-12-,17-15-,20-18-,23-21-,27-24-. The first-order valence-electron chi connectivity index (χ1n) is 24.9. The number of hydrogen-bond donors (Lipinski definition) is 3. The van der Waals surface area contributed by atoms with E-state index in [4.69, 9.17) is 23.6 Å². The topological polar surface area (TPSA) is 132 Å². The molecule has 0 heterocycles. The first-order chi connectivity index (χ1) is 30.3. The summed E-state index contributed by atoms with van der Waals surface area (Å²) in [6.45, 7) is 3.37. The Labute approximate surface area is 380 Å². The van der Waals surface area contributed by atoms with Gasteiger partial charge in [0.25, 0.3) is 0 Å². The van der Waals surface area contributed by atoms with Crippen LogP contribution in [0.2, 0.25) is 0 Å². The van der Waals surface area contributed by atoms with Gasteiger partial charge in [-0.2, -0.15) is 0 Å². The van der Waals surface area contributed by atoms with Crippen molar-refractivity contribution < 1.29 is 43.0 Å².